The summed E-state index contributed by atoms with van der Waals surface area (Å²) < 4.78 is 6.51. The summed E-state index contributed by atoms with van der Waals surface area (Å²) in [6, 6.07) is 11.8. The third-order valence-electron chi connectivity index (χ3n) is 2.63. The number of likely N-dealkylation sites (N-methyl/N-ethyl adjacent to an activating group) is 1. The van der Waals surface area contributed by atoms with Gasteiger partial charge in [-0.05, 0) is 35.0 Å². The first-order chi connectivity index (χ1) is 8.56. The molecule has 0 saturated heterocycles. The summed E-state index contributed by atoms with van der Waals surface area (Å²) in [5.74, 6) is 0.658. The summed E-state index contributed by atoms with van der Waals surface area (Å²) in [7, 11) is 3.42. The molecule has 18 heavy (non-hydrogen) atoms. The maximum Gasteiger partial charge on any atom is 0.259 e. The van der Waals surface area contributed by atoms with Gasteiger partial charge in [-0.25, -0.2) is 0 Å². The molecule has 0 heterocycles. The molecule has 94 valence electrons. The SMILES string of the molecule is CN(C)C(=O)COc1ccc2cc(Br)ccc2c1. The highest BCUT2D eigenvalue weighted by molar-refractivity contribution is 9.10. The Morgan fingerprint density at radius 3 is 2.56 bits per heavy atom. The van der Waals surface area contributed by atoms with E-state index in [0.29, 0.717) is 5.75 Å². The Morgan fingerprint density at radius 1 is 1.17 bits per heavy atom. The minimum atomic E-state index is -0.0501. The molecule has 0 aliphatic carbocycles. The Morgan fingerprint density at radius 2 is 1.83 bits per heavy atom. The molecule has 4 heteroatoms. The minimum absolute atomic E-state index is 0.0501. The average Bonchev–Trinajstić information content (AvgIpc) is 2.35. The van der Waals surface area contributed by atoms with E-state index in [1.54, 1.807) is 14.1 Å². The van der Waals surface area contributed by atoms with Crippen LogP contribution in [0.1, 0.15) is 0 Å². The van der Waals surface area contributed by atoms with Gasteiger partial charge < -0.3 is 9.64 Å². The molecule has 0 N–H and O–H groups in total. The highest BCUT2D eigenvalue weighted by Gasteiger charge is 2.05. The van der Waals surface area contributed by atoms with Crippen LogP contribution in [0, 0.1) is 0 Å². The minimum Gasteiger partial charge on any atom is -0.484 e. The van der Waals surface area contributed by atoms with Crippen LogP contribution >= 0.6 is 15.9 Å². The number of carbonyl (C=O) groups excluding carboxylic acids is 1. The van der Waals surface area contributed by atoms with Crippen LogP contribution in [0.15, 0.2) is 40.9 Å². The predicted molar refractivity (Wildman–Crippen MR) is 75.8 cm³/mol. The van der Waals surface area contributed by atoms with E-state index >= 15 is 0 Å². The van der Waals surface area contributed by atoms with Crippen molar-refractivity contribution in [3.63, 3.8) is 0 Å². The average molecular weight is 308 g/mol. The Bertz CT molecular complexity index is 581. The first-order valence-electron chi connectivity index (χ1n) is 5.58. The number of amides is 1. The van der Waals surface area contributed by atoms with E-state index in [0.717, 1.165) is 15.2 Å². The molecule has 0 fully saturated rings. The molecule has 2 aromatic rings. The normalized spacial score (nSPS) is 10.4. The van der Waals surface area contributed by atoms with Gasteiger partial charge >= 0.3 is 0 Å². The van der Waals surface area contributed by atoms with Crippen molar-refractivity contribution < 1.29 is 9.53 Å². The number of hydrogen-bond donors (Lipinski definition) is 0. The second-order valence-corrected chi connectivity index (χ2v) is 5.15. The van der Waals surface area contributed by atoms with Crippen molar-refractivity contribution >= 4 is 32.6 Å². The molecule has 1 amide bonds. The summed E-state index contributed by atoms with van der Waals surface area (Å²) in [6.45, 7) is 0.0645. The Balaban J connectivity index is 2.15. The largest absolute Gasteiger partial charge is 0.484 e. The lowest BCUT2D eigenvalue weighted by molar-refractivity contribution is -0.130. The van der Waals surface area contributed by atoms with Crippen LogP contribution in [0.5, 0.6) is 5.75 Å². The van der Waals surface area contributed by atoms with Gasteiger partial charge in [0.15, 0.2) is 6.61 Å². The van der Waals surface area contributed by atoms with Crippen molar-refractivity contribution in [1.82, 2.24) is 4.90 Å². The molecule has 3 nitrogen and oxygen atoms in total. The number of nitrogens with zero attached hydrogens (tertiary/aromatic N) is 1. The first kappa shape index (κ1) is 12.9. The molecular formula is C14H14BrNO2. The van der Waals surface area contributed by atoms with E-state index in [9.17, 15) is 4.79 Å². The number of rotatable bonds is 3. The smallest absolute Gasteiger partial charge is 0.259 e. The van der Waals surface area contributed by atoms with Crippen molar-refractivity contribution in [2.75, 3.05) is 20.7 Å². The quantitative estimate of drug-likeness (QED) is 0.872. The van der Waals surface area contributed by atoms with Crippen LogP contribution in [-0.4, -0.2) is 31.5 Å². The van der Waals surface area contributed by atoms with Gasteiger partial charge in [0.05, 0.1) is 0 Å². The third kappa shape index (κ3) is 3.01. The molecule has 2 rings (SSSR count). The van der Waals surface area contributed by atoms with Crippen molar-refractivity contribution in [2.45, 2.75) is 0 Å². The van der Waals surface area contributed by atoms with Gasteiger partial charge in [-0.3, -0.25) is 4.79 Å². The molecular weight excluding hydrogens is 294 g/mol. The van der Waals surface area contributed by atoms with Gasteiger partial charge in [0.25, 0.3) is 5.91 Å². The fourth-order valence-electron chi connectivity index (χ4n) is 1.56. The van der Waals surface area contributed by atoms with Gasteiger partial charge in [-0.2, -0.15) is 0 Å². The molecule has 0 bridgehead atoms. The topological polar surface area (TPSA) is 29.5 Å². The van der Waals surface area contributed by atoms with Crippen molar-refractivity contribution in [3.05, 3.63) is 40.9 Å². The second kappa shape index (κ2) is 5.40. The summed E-state index contributed by atoms with van der Waals surface area (Å²) in [5.41, 5.74) is 0. The van der Waals surface area contributed by atoms with Crippen molar-refractivity contribution in [1.29, 1.82) is 0 Å². The van der Waals surface area contributed by atoms with Gasteiger partial charge in [-0.1, -0.05) is 28.1 Å². The van der Waals surface area contributed by atoms with Crippen LogP contribution in [-0.2, 0) is 4.79 Å². The maximum atomic E-state index is 11.4. The number of halogens is 1. The van der Waals surface area contributed by atoms with E-state index in [2.05, 4.69) is 15.9 Å². The van der Waals surface area contributed by atoms with Gasteiger partial charge in [-0.15, -0.1) is 0 Å². The zero-order chi connectivity index (χ0) is 13.1. The lowest BCUT2D eigenvalue weighted by Gasteiger charge is -2.11. The van der Waals surface area contributed by atoms with Crippen LogP contribution < -0.4 is 4.74 Å². The van der Waals surface area contributed by atoms with Gasteiger partial charge in [0.1, 0.15) is 5.75 Å². The summed E-state index contributed by atoms with van der Waals surface area (Å²) in [6.07, 6.45) is 0. The molecule has 0 saturated carbocycles. The summed E-state index contributed by atoms with van der Waals surface area (Å²) >= 11 is 3.44. The molecule has 2 aromatic carbocycles. The zero-order valence-corrected chi connectivity index (χ0v) is 11.9. The lowest BCUT2D eigenvalue weighted by Crippen LogP contribution is -2.27. The summed E-state index contributed by atoms with van der Waals surface area (Å²) in [5, 5.41) is 2.23. The number of hydrogen-bond acceptors (Lipinski definition) is 2. The molecule has 0 spiro atoms. The molecule has 0 aromatic heterocycles. The Labute approximate surface area is 114 Å². The monoisotopic (exact) mass is 307 g/mol. The van der Waals surface area contributed by atoms with Crippen LogP contribution in [0.2, 0.25) is 0 Å². The fourth-order valence-corrected chi connectivity index (χ4v) is 1.94. The van der Waals surface area contributed by atoms with Crippen molar-refractivity contribution in [3.8, 4) is 5.75 Å². The lowest BCUT2D eigenvalue weighted by atomic mass is 10.1. The maximum absolute atomic E-state index is 11.4. The van der Waals surface area contributed by atoms with Crippen LogP contribution in [0.4, 0.5) is 0 Å². The number of benzene rings is 2. The highest BCUT2D eigenvalue weighted by Crippen LogP contribution is 2.24. The number of fused-ring (bicyclic) bond motifs is 1. The van der Waals surface area contributed by atoms with Crippen molar-refractivity contribution in [2.24, 2.45) is 0 Å². The molecule has 0 atom stereocenters. The second-order valence-electron chi connectivity index (χ2n) is 4.23. The van der Waals surface area contributed by atoms with E-state index in [1.165, 1.54) is 4.90 Å². The third-order valence-corrected chi connectivity index (χ3v) is 3.13. The standard InChI is InChI=1S/C14H14BrNO2/c1-16(2)14(17)9-18-13-6-4-10-7-12(15)5-3-11(10)8-13/h3-8H,9H2,1-2H3. The number of ether oxygens (including phenoxy) is 1. The molecule has 0 unspecified atom stereocenters. The van der Waals surface area contributed by atoms with E-state index in [4.69, 9.17) is 4.74 Å². The Kier molecular flexibility index (Phi) is 3.87. The molecule has 0 aliphatic heterocycles. The van der Waals surface area contributed by atoms with Crippen LogP contribution in [0.25, 0.3) is 10.8 Å². The molecule has 0 aliphatic rings. The van der Waals surface area contributed by atoms with E-state index < -0.39 is 0 Å². The van der Waals surface area contributed by atoms with E-state index in [1.807, 2.05) is 36.4 Å². The van der Waals surface area contributed by atoms with E-state index in [-0.39, 0.29) is 12.5 Å². The highest BCUT2D eigenvalue weighted by atomic mass is 79.9. The van der Waals surface area contributed by atoms with Gasteiger partial charge in [0, 0.05) is 18.6 Å². The summed E-state index contributed by atoms with van der Waals surface area (Å²) in [4.78, 5) is 12.9. The Hall–Kier alpha value is -1.55. The zero-order valence-electron chi connectivity index (χ0n) is 10.3. The van der Waals surface area contributed by atoms with Crippen LogP contribution in [0.3, 0.4) is 0 Å². The number of carbonyl (C=O) groups is 1. The fraction of sp³-hybridized carbons (Fsp3) is 0.214. The first-order valence-corrected chi connectivity index (χ1v) is 6.38. The predicted octanol–water partition coefficient (Wildman–Crippen LogP) is 3.07. The van der Waals surface area contributed by atoms with Gasteiger partial charge in [0.2, 0.25) is 0 Å². The molecule has 0 radical (unpaired) electrons.